The zero-order chi connectivity index (χ0) is 14.1. The molecule has 0 fully saturated rings. The van der Waals surface area contributed by atoms with Gasteiger partial charge in [-0.15, -0.1) is 13.2 Å². The molecule has 0 unspecified atom stereocenters. The Morgan fingerprint density at radius 1 is 1.11 bits per heavy atom. The number of carboxylic acids is 1. The van der Waals surface area contributed by atoms with Gasteiger partial charge in [0.25, 0.3) is 0 Å². The first-order valence-electron chi connectivity index (χ1n) is 4.21. The Morgan fingerprint density at radius 2 is 1.67 bits per heavy atom. The molecule has 100 valence electrons. The molecule has 1 rings (SSSR count). The van der Waals surface area contributed by atoms with Crippen molar-refractivity contribution in [1.29, 1.82) is 0 Å². The summed E-state index contributed by atoms with van der Waals surface area (Å²) < 4.78 is 76.3. The minimum absolute atomic E-state index is 0.299. The minimum atomic E-state index is -5.43. The highest BCUT2D eigenvalue weighted by Crippen LogP contribution is 2.40. The van der Waals surface area contributed by atoms with E-state index in [4.69, 9.17) is 5.11 Å². The largest absolute Gasteiger partial charge is 0.573 e. The Bertz CT molecular complexity index is 462. The van der Waals surface area contributed by atoms with Crippen molar-refractivity contribution in [1.82, 2.24) is 0 Å². The summed E-state index contributed by atoms with van der Waals surface area (Å²) in [5.41, 5.74) is -3.03. The molecule has 0 radical (unpaired) electrons. The van der Waals surface area contributed by atoms with Crippen LogP contribution in [0.2, 0.25) is 0 Å². The van der Waals surface area contributed by atoms with Crippen LogP contribution in [0.5, 0.6) is 5.75 Å². The van der Waals surface area contributed by atoms with E-state index in [-0.39, 0.29) is 0 Å². The number of rotatable bonds is 2. The second-order valence-corrected chi connectivity index (χ2v) is 3.03. The van der Waals surface area contributed by atoms with E-state index in [9.17, 15) is 31.1 Å². The topological polar surface area (TPSA) is 46.5 Å². The van der Waals surface area contributed by atoms with Crippen LogP contribution in [-0.2, 0) is 6.18 Å². The summed E-state index contributed by atoms with van der Waals surface area (Å²) in [7, 11) is 0. The molecule has 18 heavy (non-hydrogen) atoms. The molecule has 0 aliphatic carbocycles. The number of para-hydroxylation sites is 1. The number of aromatic carboxylic acids is 1. The van der Waals surface area contributed by atoms with E-state index >= 15 is 0 Å². The second kappa shape index (κ2) is 4.39. The average molecular weight is 274 g/mol. The summed E-state index contributed by atoms with van der Waals surface area (Å²) in [5.74, 6) is -3.73. The van der Waals surface area contributed by atoms with Gasteiger partial charge in [-0.25, -0.2) is 4.79 Å². The second-order valence-electron chi connectivity index (χ2n) is 3.03. The van der Waals surface area contributed by atoms with Crippen LogP contribution >= 0.6 is 0 Å². The first-order valence-corrected chi connectivity index (χ1v) is 4.21. The van der Waals surface area contributed by atoms with Crippen molar-refractivity contribution < 1.29 is 41.0 Å². The van der Waals surface area contributed by atoms with E-state index in [0.29, 0.717) is 18.2 Å². The van der Waals surface area contributed by atoms with Crippen molar-refractivity contribution in [2.24, 2.45) is 0 Å². The molecule has 0 heterocycles. The van der Waals surface area contributed by atoms with Crippen LogP contribution < -0.4 is 4.74 Å². The van der Waals surface area contributed by atoms with Gasteiger partial charge < -0.3 is 9.84 Å². The predicted molar refractivity (Wildman–Crippen MR) is 45.1 cm³/mol. The quantitative estimate of drug-likeness (QED) is 0.841. The minimum Gasteiger partial charge on any atom is -0.478 e. The van der Waals surface area contributed by atoms with Crippen LogP contribution in [0.4, 0.5) is 26.3 Å². The summed E-state index contributed by atoms with van der Waals surface area (Å²) in [6.07, 6.45) is -10.6. The molecule has 0 saturated heterocycles. The molecular weight excluding hydrogens is 270 g/mol. The molecule has 0 amide bonds. The number of hydrogen-bond donors (Lipinski definition) is 1. The molecule has 0 aromatic heterocycles. The van der Waals surface area contributed by atoms with E-state index in [2.05, 4.69) is 4.74 Å². The fourth-order valence-electron chi connectivity index (χ4n) is 1.15. The lowest BCUT2D eigenvalue weighted by Crippen LogP contribution is -2.22. The van der Waals surface area contributed by atoms with Gasteiger partial charge in [-0.1, -0.05) is 6.07 Å². The molecule has 0 bridgehead atoms. The maximum Gasteiger partial charge on any atom is 0.573 e. The lowest BCUT2D eigenvalue weighted by molar-refractivity contribution is -0.276. The third-order valence-corrected chi connectivity index (χ3v) is 1.77. The maximum absolute atomic E-state index is 12.4. The number of carboxylic acid groups (broad SMARTS) is 1. The Labute approximate surface area is 95.6 Å². The number of ether oxygens (including phenoxy) is 1. The molecule has 3 nitrogen and oxygen atoms in total. The maximum atomic E-state index is 12.4. The normalized spacial score (nSPS) is 12.3. The van der Waals surface area contributed by atoms with Crippen LogP contribution in [0.1, 0.15) is 15.9 Å². The van der Waals surface area contributed by atoms with Gasteiger partial charge in [0.2, 0.25) is 0 Å². The van der Waals surface area contributed by atoms with Crippen molar-refractivity contribution in [3.63, 3.8) is 0 Å². The Hall–Kier alpha value is -1.93. The fraction of sp³-hybridized carbons (Fsp3) is 0.222. The first kappa shape index (κ1) is 14.1. The highest BCUT2D eigenvalue weighted by molar-refractivity contribution is 5.91. The molecule has 1 N–H and O–H groups in total. The third kappa shape index (κ3) is 3.28. The number of hydrogen-bond acceptors (Lipinski definition) is 2. The summed E-state index contributed by atoms with van der Waals surface area (Å²) in [5, 5.41) is 8.54. The third-order valence-electron chi connectivity index (χ3n) is 1.77. The SMILES string of the molecule is O=C(O)c1cccc(C(F)(F)F)c1OC(F)(F)F. The molecule has 1 aromatic rings. The van der Waals surface area contributed by atoms with Gasteiger partial charge >= 0.3 is 18.5 Å². The molecule has 0 aliphatic heterocycles. The van der Waals surface area contributed by atoms with Crippen LogP contribution in [0.3, 0.4) is 0 Å². The van der Waals surface area contributed by atoms with Crippen LogP contribution in [-0.4, -0.2) is 17.4 Å². The van der Waals surface area contributed by atoms with Crippen molar-refractivity contribution in [2.75, 3.05) is 0 Å². The van der Waals surface area contributed by atoms with Crippen LogP contribution in [0.25, 0.3) is 0 Å². The summed E-state index contributed by atoms with van der Waals surface area (Å²) in [4.78, 5) is 10.6. The van der Waals surface area contributed by atoms with Crippen LogP contribution in [0, 0.1) is 0 Å². The zero-order valence-electron chi connectivity index (χ0n) is 8.26. The highest BCUT2D eigenvalue weighted by Gasteiger charge is 2.41. The average Bonchev–Trinajstić information content (AvgIpc) is 2.13. The monoisotopic (exact) mass is 274 g/mol. The molecular formula is C9H4F6O3. The first-order chi connectivity index (χ1) is 8.02. The number of halogens is 6. The van der Waals surface area contributed by atoms with Gasteiger partial charge in [0.15, 0.2) is 5.75 Å². The van der Waals surface area contributed by atoms with Gasteiger partial charge in [0, 0.05) is 0 Å². The van der Waals surface area contributed by atoms with E-state index in [1.54, 1.807) is 0 Å². The van der Waals surface area contributed by atoms with Gasteiger partial charge in [-0.05, 0) is 12.1 Å². The van der Waals surface area contributed by atoms with E-state index in [1.165, 1.54) is 0 Å². The lowest BCUT2D eigenvalue weighted by atomic mass is 10.1. The predicted octanol–water partition coefficient (Wildman–Crippen LogP) is 3.30. The Morgan fingerprint density at radius 3 is 2.06 bits per heavy atom. The lowest BCUT2D eigenvalue weighted by Gasteiger charge is -2.16. The summed E-state index contributed by atoms with van der Waals surface area (Å²) >= 11 is 0. The molecule has 0 spiro atoms. The van der Waals surface area contributed by atoms with Crippen molar-refractivity contribution >= 4 is 5.97 Å². The summed E-state index contributed by atoms with van der Waals surface area (Å²) in [6.45, 7) is 0. The fourth-order valence-corrected chi connectivity index (χ4v) is 1.15. The molecule has 1 aromatic carbocycles. The smallest absolute Gasteiger partial charge is 0.478 e. The number of benzene rings is 1. The van der Waals surface area contributed by atoms with Crippen molar-refractivity contribution in [3.8, 4) is 5.75 Å². The van der Waals surface area contributed by atoms with E-state index < -0.39 is 35.4 Å². The van der Waals surface area contributed by atoms with E-state index in [0.717, 1.165) is 0 Å². The molecule has 0 saturated carbocycles. The molecule has 9 heteroatoms. The van der Waals surface area contributed by atoms with Crippen molar-refractivity contribution in [3.05, 3.63) is 29.3 Å². The highest BCUT2D eigenvalue weighted by atomic mass is 19.4. The van der Waals surface area contributed by atoms with Gasteiger partial charge in [0.1, 0.15) is 5.56 Å². The Kier molecular flexibility index (Phi) is 3.45. The Balaban J connectivity index is 3.45. The van der Waals surface area contributed by atoms with Gasteiger partial charge in [-0.3, -0.25) is 0 Å². The number of carbonyl (C=O) groups is 1. The van der Waals surface area contributed by atoms with Crippen molar-refractivity contribution in [2.45, 2.75) is 12.5 Å². The molecule has 0 aliphatic rings. The van der Waals surface area contributed by atoms with Gasteiger partial charge in [-0.2, -0.15) is 13.2 Å². The van der Waals surface area contributed by atoms with Gasteiger partial charge in [0.05, 0.1) is 5.56 Å². The summed E-state index contributed by atoms with van der Waals surface area (Å²) in [6, 6.07) is 1.56. The number of alkyl halides is 6. The van der Waals surface area contributed by atoms with Crippen LogP contribution in [0.15, 0.2) is 18.2 Å². The standard InChI is InChI=1S/C9H4F6O3/c10-8(11,12)5-3-1-2-4(7(16)17)6(5)18-9(13,14)15/h1-3H,(H,16,17). The zero-order valence-corrected chi connectivity index (χ0v) is 8.26. The molecule has 0 atom stereocenters. The van der Waals surface area contributed by atoms with E-state index in [1.807, 2.05) is 0 Å².